The molecule has 9 heteroatoms. The zero-order valence-corrected chi connectivity index (χ0v) is 20.3. The van der Waals surface area contributed by atoms with Crippen molar-refractivity contribution in [2.24, 2.45) is 0 Å². The number of halogens is 3. The normalized spacial score (nSPS) is 22.5. The minimum Gasteiger partial charge on any atom is -0.484 e. The average Bonchev–Trinajstić information content (AvgIpc) is 2.92. The van der Waals surface area contributed by atoms with Crippen LogP contribution in [-0.2, 0) is 16.3 Å². The molecule has 4 rings (SSSR count). The molecule has 2 aromatic carbocycles. The van der Waals surface area contributed by atoms with Crippen LogP contribution >= 0.6 is 23.2 Å². The summed E-state index contributed by atoms with van der Waals surface area (Å²) in [6.07, 6.45) is 2.58. The van der Waals surface area contributed by atoms with Crippen molar-refractivity contribution in [2.45, 2.75) is 29.9 Å². The number of sulfone groups is 1. The summed E-state index contributed by atoms with van der Waals surface area (Å²) >= 11 is 12.9. The van der Waals surface area contributed by atoms with Gasteiger partial charge >= 0.3 is 0 Å². The van der Waals surface area contributed by atoms with E-state index in [2.05, 4.69) is 9.80 Å². The lowest BCUT2D eigenvalue weighted by molar-refractivity contribution is 0.0797. The van der Waals surface area contributed by atoms with Crippen LogP contribution in [0.1, 0.15) is 23.7 Å². The third-order valence-corrected chi connectivity index (χ3v) is 7.96. The molecular formula is C23H27Cl2FN2O3S. The van der Waals surface area contributed by atoms with Gasteiger partial charge in [-0.25, -0.2) is 12.8 Å². The molecule has 1 saturated heterocycles. The molecule has 1 aliphatic carbocycles. The molecule has 1 fully saturated rings. The van der Waals surface area contributed by atoms with Gasteiger partial charge in [-0.15, -0.1) is 0 Å². The Kier molecular flexibility index (Phi) is 7.32. The van der Waals surface area contributed by atoms with Crippen LogP contribution < -0.4 is 4.74 Å². The van der Waals surface area contributed by atoms with Crippen molar-refractivity contribution in [3.05, 3.63) is 57.6 Å². The van der Waals surface area contributed by atoms with Crippen LogP contribution in [-0.4, -0.2) is 69.9 Å². The molecule has 0 amide bonds. The molecular weight excluding hydrogens is 474 g/mol. The maximum atomic E-state index is 12.8. The van der Waals surface area contributed by atoms with Gasteiger partial charge in [0.15, 0.2) is 9.84 Å². The Morgan fingerprint density at radius 2 is 1.84 bits per heavy atom. The number of hydrogen-bond acceptors (Lipinski definition) is 5. The number of fused-ring (bicyclic) bond motifs is 1. The first-order valence-corrected chi connectivity index (χ1v) is 13.4. The number of alkyl halides is 1. The fourth-order valence-corrected chi connectivity index (χ4v) is 5.87. The third kappa shape index (κ3) is 5.23. The van der Waals surface area contributed by atoms with Gasteiger partial charge in [-0.1, -0.05) is 23.2 Å². The molecule has 0 radical (unpaired) electrons. The zero-order chi connectivity index (χ0) is 22.9. The molecule has 2 aliphatic rings. The van der Waals surface area contributed by atoms with Crippen molar-refractivity contribution in [1.29, 1.82) is 0 Å². The van der Waals surface area contributed by atoms with Crippen LogP contribution in [0.5, 0.6) is 5.75 Å². The quantitative estimate of drug-likeness (QED) is 0.587. The van der Waals surface area contributed by atoms with E-state index in [4.69, 9.17) is 27.9 Å². The number of nitrogens with zero attached hydrogens (tertiary/aromatic N) is 2. The zero-order valence-electron chi connectivity index (χ0n) is 17.9. The largest absolute Gasteiger partial charge is 0.484 e. The van der Waals surface area contributed by atoms with Gasteiger partial charge in [0, 0.05) is 41.5 Å². The van der Waals surface area contributed by atoms with Gasteiger partial charge in [0.2, 0.25) is 0 Å². The van der Waals surface area contributed by atoms with Crippen LogP contribution in [0, 0.1) is 0 Å². The van der Waals surface area contributed by atoms with Gasteiger partial charge < -0.3 is 4.74 Å². The maximum absolute atomic E-state index is 12.8. The van der Waals surface area contributed by atoms with Crippen LogP contribution in [0.15, 0.2) is 41.3 Å². The van der Waals surface area contributed by atoms with Crippen LogP contribution in [0.2, 0.25) is 10.0 Å². The summed E-state index contributed by atoms with van der Waals surface area (Å²) in [4.78, 5) is 4.81. The first-order valence-electron chi connectivity index (χ1n) is 10.7. The molecule has 5 nitrogen and oxygen atoms in total. The van der Waals surface area contributed by atoms with Crippen LogP contribution in [0.3, 0.4) is 0 Å². The lowest BCUT2D eigenvalue weighted by atomic mass is 10.1. The highest BCUT2D eigenvalue weighted by atomic mass is 35.5. The molecule has 174 valence electrons. The monoisotopic (exact) mass is 500 g/mol. The Bertz CT molecular complexity index is 1070. The number of benzene rings is 2. The van der Waals surface area contributed by atoms with Crippen molar-refractivity contribution in [1.82, 2.24) is 9.80 Å². The molecule has 2 atom stereocenters. The number of ether oxygens (including phenoxy) is 1. The fraction of sp³-hybridized carbons (Fsp3) is 0.478. The van der Waals surface area contributed by atoms with Gasteiger partial charge in [-0.2, -0.15) is 0 Å². The third-order valence-electron chi connectivity index (χ3n) is 6.27. The van der Waals surface area contributed by atoms with E-state index < -0.39 is 9.84 Å². The molecule has 32 heavy (non-hydrogen) atoms. The minimum absolute atomic E-state index is 0.0564. The number of hydrogen-bond donors (Lipinski definition) is 0. The topological polar surface area (TPSA) is 49.9 Å². The van der Waals surface area contributed by atoms with Crippen molar-refractivity contribution < 1.29 is 17.5 Å². The Balaban J connectivity index is 1.62. The summed E-state index contributed by atoms with van der Waals surface area (Å²) in [7, 11) is -3.28. The molecule has 0 bridgehead atoms. The highest BCUT2D eigenvalue weighted by Gasteiger charge is 2.40. The highest BCUT2D eigenvalue weighted by molar-refractivity contribution is 7.90. The standard InChI is InChI=1S/C23H27Cl2FN2O3S/c1-32(29,30)18-5-3-17(4-6-18)31-23-20-13-16(24)14-21(25)19(20)15-22(23)28-9-2-8-27(10-7-26)11-12-28/h3-6,13-14,22-23H,2,7-12,15H2,1H3. The van der Waals surface area contributed by atoms with Crippen molar-refractivity contribution in [2.75, 3.05) is 45.7 Å². The van der Waals surface area contributed by atoms with Crippen LogP contribution in [0.4, 0.5) is 4.39 Å². The second-order valence-electron chi connectivity index (χ2n) is 8.43. The lowest BCUT2D eigenvalue weighted by Crippen LogP contribution is -2.42. The molecule has 1 aliphatic heterocycles. The molecule has 0 N–H and O–H groups in total. The molecule has 0 saturated carbocycles. The summed E-state index contributed by atoms with van der Waals surface area (Å²) in [6, 6.07) is 10.2. The van der Waals surface area contributed by atoms with Crippen molar-refractivity contribution in [3.8, 4) is 5.75 Å². The highest BCUT2D eigenvalue weighted by Crippen LogP contribution is 2.43. The van der Waals surface area contributed by atoms with Gasteiger partial charge in [0.25, 0.3) is 0 Å². The van der Waals surface area contributed by atoms with E-state index in [-0.39, 0.29) is 23.7 Å². The van der Waals surface area contributed by atoms with Gasteiger partial charge in [0.1, 0.15) is 18.5 Å². The van der Waals surface area contributed by atoms with E-state index in [0.29, 0.717) is 22.3 Å². The van der Waals surface area contributed by atoms with E-state index in [0.717, 1.165) is 50.1 Å². The predicted octanol–water partition coefficient (Wildman–Crippen LogP) is 4.42. The molecule has 1 heterocycles. The summed E-state index contributed by atoms with van der Waals surface area (Å²) in [6.45, 7) is 3.52. The van der Waals surface area contributed by atoms with E-state index in [1.165, 1.54) is 6.26 Å². The Labute approximate surface area is 199 Å². The van der Waals surface area contributed by atoms with Gasteiger partial charge in [-0.05, 0) is 67.9 Å². The van der Waals surface area contributed by atoms with Crippen molar-refractivity contribution >= 4 is 33.0 Å². The average molecular weight is 501 g/mol. The van der Waals surface area contributed by atoms with Crippen LogP contribution in [0.25, 0.3) is 0 Å². The van der Waals surface area contributed by atoms with Crippen molar-refractivity contribution in [3.63, 3.8) is 0 Å². The molecule has 0 spiro atoms. The van der Waals surface area contributed by atoms with E-state index in [1.54, 1.807) is 30.3 Å². The van der Waals surface area contributed by atoms with E-state index in [1.807, 2.05) is 6.07 Å². The van der Waals surface area contributed by atoms with Gasteiger partial charge in [-0.3, -0.25) is 9.80 Å². The Morgan fingerprint density at radius 3 is 2.53 bits per heavy atom. The first kappa shape index (κ1) is 23.8. The summed E-state index contributed by atoms with van der Waals surface area (Å²) in [5.41, 5.74) is 1.99. The lowest BCUT2D eigenvalue weighted by Gasteiger charge is -2.32. The minimum atomic E-state index is -3.28. The van der Waals surface area contributed by atoms with Gasteiger partial charge in [0.05, 0.1) is 10.9 Å². The molecule has 2 unspecified atom stereocenters. The smallest absolute Gasteiger partial charge is 0.175 e. The first-order chi connectivity index (χ1) is 15.3. The van der Waals surface area contributed by atoms with E-state index >= 15 is 0 Å². The second-order valence-corrected chi connectivity index (χ2v) is 11.3. The number of rotatable bonds is 6. The van der Waals surface area contributed by atoms with E-state index in [9.17, 15) is 12.8 Å². The fourth-order valence-electron chi connectivity index (χ4n) is 4.66. The second kappa shape index (κ2) is 9.85. The Morgan fingerprint density at radius 1 is 1.09 bits per heavy atom. The summed E-state index contributed by atoms with van der Waals surface area (Å²) in [5, 5.41) is 1.19. The summed E-state index contributed by atoms with van der Waals surface area (Å²) < 4.78 is 42.8. The Hall–Kier alpha value is -1.38. The maximum Gasteiger partial charge on any atom is 0.175 e. The molecule has 0 aromatic heterocycles. The SMILES string of the molecule is CS(=O)(=O)c1ccc(OC2c3cc(Cl)cc(Cl)c3CC2N2CCCN(CCF)CC2)cc1. The predicted molar refractivity (Wildman–Crippen MR) is 125 cm³/mol. The summed E-state index contributed by atoms with van der Waals surface area (Å²) in [5.74, 6) is 0.588. The molecule has 2 aromatic rings.